The highest BCUT2D eigenvalue weighted by molar-refractivity contribution is 6.04. The van der Waals surface area contributed by atoms with Crippen LogP contribution in [0.4, 0.5) is 4.79 Å². The Kier molecular flexibility index (Phi) is 10.8. The van der Waals surface area contributed by atoms with Crippen LogP contribution in [0, 0.1) is 11.8 Å². The summed E-state index contributed by atoms with van der Waals surface area (Å²) in [6.07, 6.45) is 0.827. The van der Waals surface area contributed by atoms with Gasteiger partial charge in [0.25, 0.3) is 0 Å². The number of nitrogens with zero attached hydrogens (tertiary/aromatic N) is 1. The van der Waals surface area contributed by atoms with E-state index < -0.39 is 41.8 Å². The molecule has 1 heterocycles. The molecule has 1 fully saturated rings. The number of aliphatic hydroxyl groups is 1. The van der Waals surface area contributed by atoms with Crippen molar-refractivity contribution in [3.63, 3.8) is 0 Å². The molecule has 1 saturated heterocycles. The van der Waals surface area contributed by atoms with Gasteiger partial charge in [0.1, 0.15) is 6.61 Å². The Balaban J connectivity index is 2.39. The molecule has 1 N–H and O–H groups in total. The molecular formula is C26H33NO8. The molecule has 2 rings (SSSR count). The van der Waals surface area contributed by atoms with Gasteiger partial charge in [-0.2, -0.15) is 0 Å². The Morgan fingerprint density at radius 1 is 1.14 bits per heavy atom. The first kappa shape index (κ1) is 27.9. The Morgan fingerprint density at radius 2 is 1.83 bits per heavy atom. The van der Waals surface area contributed by atoms with Crippen LogP contribution in [0.2, 0.25) is 0 Å². The molecule has 1 aliphatic heterocycles. The zero-order valence-electron chi connectivity index (χ0n) is 20.3. The molecule has 0 radical (unpaired) electrons. The van der Waals surface area contributed by atoms with Crippen molar-refractivity contribution in [2.45, 2.75) is 58.6 Å². The minimum atomic E-state index is -1.54. The topological polar surface area (TPSA) is 127 Å². The number of imide groups is 1. The molecule has 3 unspecified atom stereocenters. The summed E-state index contributed by atoms with van der Waals surface area (Å²) in [4.78, 5) is 64.2. The van der Waals surface area contributed by atoms with Gasteiger partial charge in [0.2, 0.25) is 5.91 Å². The van der Waals surface area contributed by atoms with Crippen molar-refractivity contribution in [2.75, 3.05) is 13.2 Å². The quantitative estimate of drug-likeness (QED) is 0.256. The molecule has 1 aromatic carbocycles. The summed E-state index contributed by atoms with van der Waals surface area (Å²) in [5, 5.41) is 8.85. The molecule has 0 aliphatic carbocycles. The van der Waals surface area contributed by atoms with Crippen LogP contribution in [-0.2, 0) is 35.1 Å². The van der Waals surface area contributed by atoms with Crippen LogP contribution in [0.1, 0.15) is 45.6 Å². The maximum Gasteiger partial charge on any atom is 0.416 e. The fraction of sp³-hybridized carbons (Fsp3) is 0.500. The lowest BCUT2D eigenvalue weighted by atomic mass is 9.89. The average molecular weight is 488 g/mol. The molecule has 0 spiro atoms. The smallest absolute Gasteiger partial charge is 0.416 e. The van der Waals surface area contributed by atoms with Crippen LogP contribution in [0.3, 0.4) is 0 Å². The van der Waals surface area contributed by atoms with Gasteiger partial charge < -0.3 is 14.6 Å². The second-order valence-corrected chi connectivity index (χ2v) is 8.81. The number of unbranched alkanes of at least 4 members (excludes halogenated alkanes) is 1. The minimum Gasteiger partial charge on any atom is -0.453 e. The van der Waals surface area contributed by atoms with Gasteiger partial charge in [-0.3, -0.25) is 19.2 Å². The van der Waals surface area contributed by atoms with E-state index in [1.807, 2.05) is 13.8 Å². The van der Waals surface area contributed by atoms with Crippen LogP contribution in [0.5, 0.6) is 0 Å². The van der Waals surface area contributed by atoms with Crippen LogP contribution >= 0.6 is 0 Å². The summed E-state index contributed by atoms with van der Waals surface area (Å²) in [5.41, 5.74) is 0.702. The molecule has 2 amide bonds. The van der Waals surface area contributed by atoms with Gasteiger partial charge in [-0.25, -0.2) is 9.69 Å². The van der Waals surface area contributed by atoms with Gasteiger partial charge in [-0.05, 0) is 42.9 Å². The number of ether oxygens (including phenoxy) is 2. The van der Waals surface area contributed by atoms with Crippen molar-refractivity contribution in [3.8, 4) is 0 Å². The average Bonchev–Trinajstić information content (AvgIpc) is 3.21. The van der Waals surface area contributed by atoms with Crippen molar-refractivity contribution < 1.29 is 38.6 Å². The first-order chi connectivity index (χ1) is 16.6. The zero-order valence-corrected chi connectivity index (χ0v) is 20.3. The van der Waals surface area contributed by atoms with Gasteiger partial charge in [0.15, 0.2) is 17.7 Å². The Labute approximate surface area is 205 Å². The van der Waals surface area contributed by atoms with E-state index in [4.69, 9.17) is 14.6 Å². The lowest BCUT2D eigenvalue weighted by molar-refractivity contribution is -0.159. The van der Waals surface area contributed by atoms with Crippen LogP contribution in [0.25, 0.3) is 0 Å². The second kappa shape index (κ2) is 13.5. The molecular weight excluding hydrogens is 454 g/mol. The number of benzene rings is 1. The van der Waals surface area contributed by atoms with E-state index in [-0.39, 0.29) is 37.8 Å². The van der Waals surface area contributed by atoms with Gasteiger partial charge in [-0.15, -0.1) is 0 Å². The van der Waals surface area contributed by atoms with Crippen molar-refractivity contribution in [2.24, 2.45) is 11.8 Å². The maximum absolute atomic E-state index is 13.7. The monoisotopic (exact) mass is 487 g/mol. The van der Waals surface area contributed by atoms with E-state index in [2.05, 4.69) is 0 Å². The Hall–Kier alpha value is -3.33. The summed E-state index contributed by atoms with van der Waals surface area (Å²) in [5.74, 6) is -3.84. The van der Waals surface area contributed by atoms with Gasteiger partial charge in [0.05, 0.1) is 12.0 Å². The van der Waals surface area contributed by atoms with E-state index in [9.17, 15) is 24.0 Å². The summed E-state index contributed by atoms with van der Waals surface area (Å²) >= 11 is 0. The number of carbonyl (C=O) groups is 5. The third-order valence-electron chi connectivity index (χ3n) is 5.73. The van der Waals surface area contributed by atoms with Gasteiger partial charge >= 0.3 is 12.1 Å². The molecule has 0 aromatic heterocycles. The summed E-state index contributed by atoms with van der Waals surface area (Å²) in [7, 11) is 0. The van der Waals surface area contributed by atoms with E-state index >= 15 is 0 Å². The summed E-state index contributed by atoms with van der Waals surface area (Å²) in [6.45, 7) is 4.81. The molecule has 1 aliphatic rings. The number of aliphatic hydroxyl groups excluding tert-OH is 1. The number of rotatable bonds is 13. The molecule has 9 nitrogen and oxygen atoms in total. The summed E-state index contributed by atoms with van der Waals surface area (Å²) in [6, 6.07) is 8.34. The largest absolute Gasteiger partial charge is 0.453 e. The number of allylic oxidation sites excluding steroid dienone is 1. The predicted molar refractivity (Wildman–Crippen MR) is 126 cm³/mol. The zero-order chi connectivity index (χ0) is 26.0. The standard InChI is InChI=1S/C26H33NO8/c1-17(2)22-16-34-26(33)27(22)25(32)21(15-19-9-5-4-6-10-19)24(35-18(3)29)23(31)13-12-20(30)11-7-8-14-28/h4-6,9-10,12-13,17,21-22,24,28H,7-8,11,14-16H2,1-3H3. The number of hydrogen-bond donors (Lipinski definition) is 1. The van der Waals surface area contributed by atoms with Gasteiger partial charge in [-0.1, -0.05) is 44.2 Å². The third kappa shape index (κ3) is 8.13. The maximum atomic E-state index is 13.7. The summed E-state index contributed by atoms with van der Waals surface area (Å²) < 4.78 is 10.4. The minimum absolute atomic E-state index is 0.0240. The fourth-order valence-electron chi connectivity index (χ4n) is 3.83. The number of cyclic esters (lactones) is 1. The number of amides is 2. The van der Waals surface area contributed by atoms with Crippen LogP contribution in [-0.4, -0.2) is 64.9 Å². The van der Waals surface area contributed by atoms with Crippen molar-refractivity contribution in [1.29, 1.82) is 0 Å². The van der Waals surface area contributed by atoms with Crippen molar-refractivity contribution in [3.05, 3.63) is 48.0 Å². The SMILES string of the molecule is CC(=O)OC(C(=O)C=CC(=O)CCCCO)C(Cc1ccccc1)C(=O)N1C(=O)OCC1C(C)C. The van der Waals surface area contributed by atoms with E-state index in [1.54, 1.807) is 30.3 Å². The van der Waals surface area contributed by atoms with Gasteiger partial charge in [0, 0.05) is 20.0 Å². The lowest BCUT2D eigenvalue weighted by Gasteiger charge is -2.30. The molecule has 9 heteroatoms. The van der Waals surface area contributed by atoms with Crippen molar-refractivity contribution in [1.82, 2.24) is 4.90 Å². The first-order valence-electron chi connectivity index (χ1n) is 11.7. The number of esters is 1. The molecule has 190 valence electrons. The van der Waals surface area contributed by atoms with E-state index in [0.717, 1.165) is 24.0 Å². The van der Waals surface area contributed by atoms with E-state index in [1.165, 1.54) is 0 Å². The number of hydrogen-bond acceptors (Lipinski definition) is 8. The third-order valence-corrected chi connectivity index (χ3v) is 5.73. The number of ketones is 2. The molecule has 0 saturated carbocycles. The predicted octanol–water partition coefficient (Wildman–Crippen LogP) is 2.64. The second-order valence-electron chi connectivity index (χ2n) is 8.81. The van der Waals surface area contributed by atoms with E-state index in [0.29, 0.717) is 18.4 Å². The fourth-order valence-corrected chi connectivity index (χ4v) is 3.83. The van der Waals surface area contributed by atoms with Crippen molar-refractivity contribution >= 4 is 29.5 Å². The molecule has 35 heavy (non-hydrogen) atoms. The molecule has 0 bridgehead atoms. The molecule has 3 atom stereocenters. The highest BCUT2D eigenvalue weighted by atomic mass is 16.6. The Bertz CT molecular complexity index is 940. The highest BCUT2D eigenvalue weighted by Crippen LogP contribution is 2.27. The lowest BCUT2D eigenvalue weighted by Crippen LogP contribution is -2.50. The highest BCUT2D eigenvalue weighted by Gasteiger charge is 2.46. The normalized spacial score (nSPS) is 17.3. The Morgan fingerprint density at radius 3 is 2.43 bits per heavy atom. The van der Waals surface area contributed by atoms with Crippen LogP contribution in [0.15, 0.2) is 42.5 Å². The first-order valence-corrected chi connectivity index (χ1v) is 11.7. The van der Waals surface area contributed by atoms with Crippen LogP contribution < -0.4 is 0 Å². The molecule has 1 aromatic rings. The number of carbonyl (C=O) groups excluding carboxylic acids is 5.